The number of aromatic nitrogens is 2. The number of rotatable bonds is 5. The molecule has 0 atom stereocenters. The first kappa shape index (κ1) is 19.7. The van der Waals surface area contributed by atoms with Crippen LogP contribution in [0.1, 0.15) is 59.1 Å². The van der Waals surface area contributed by atoms with E-state index >= 15 is 0 Å². The highest BCUT2D eigenvalue weighted by atomic mass is 19.1. The summed E-state index contributed by atoms with van der Waals surface area (Å²) < 4.78 is 25.9. The van der Waals surface area contributed by atoms with Gasteiger partial charge in [0.1, 0.15) is 17.2 Å². The van der Waals surface area contributed by atoms with Gasteiger partial charge in [0.15, 0.2) is 0 Å². The molecular formula is C25H26FN3O3. The average Bonchev–Trinajstić information content (AvgIpc) is 3.49. The van der Waals surface area contributed by atoms with Gasteiger partial charge in [0.2, 0.25) is 0 Å². The maximum atomic E-state index is 14.9. The van der Waals surface area contributed by atoms with Crippen LogP contribution >= 0.6 is 0 Å². The molecule has 4 heterocycles. The molecule has 0 spiro atoms. The Balaban J connectivity index is 1.16. The molecule has 0 bridgehead atoms. The van der Waals surface area contributed by atoms with Crippen LogP contribution in [-0.4, -0.2) is 53.2 Å². The van der Waals surface area contributed by atoms with Gasteiger partial charge in [0.05, 0.1) is 25.5 Å². The van der Waals surface area contributed by atoms with E-state index in [9.17, 15) is 9.18 Å². The highest BCUT2D eigenvalue weighted by Crippen LogP contribution is 2.37. The highest BCUT2D eigenvalue weighted by Gasteiger charge is 2.30. The Hall–Kier alpha value is -2.93. The number of fused-ring (bicyclic) bond motifs is 1. The lowest BCUT2D eigenvalue weighted by molar-refractivity contribution is 0.00699. The zero-order valence-corrected chi connectivity index (χ0v) is 17.9. The predicted molar refractivity (Wildman–Crippen MR) is 118 cm³/mol. The third-order valence-corrected chi connectivity index (χ3v) is 6.87. The van der Waals surface area contributed by atoms with Crippen molar-refractivity contribution in [2.24, 2.45) is 0 Å². The van der Waals surface area contributed by atoms with Crippen LogP contribution in [0.2, 0.25) is 0 Å². The molecule has 6 rings (SSSR count). The molecule has 3 aromatic rings. The summed E-state index contributed by atoms with van der Waals surface area (Å²) in [7, 11) is 0. The number of ether oxygens (including phenoxy) is 2. The summed E-state index contributed by atoms with van der Waals surface area (Å²) in [5, 5.41) is 0.864. The van der Waals surface area contributed by atoms with Crippen molar-refractivity contribution in [1.29, 1.82) is 0 Å². The summed E-state index contributed by atoms with van der Waals surface area (Å²) in [5.74, 6) is 0.986. The molecule has 1 N–H and O–H groups in total. The molecule has 1 saturated carbocycles. The first-order chi connectivity index (χ1) is 15.7. The summed E-state index contributed by atoms with van der Waals surface area (Å²) in [6.07, 6.45) is 5.35. The van der Waals surface area contributed by atoms with E-state index in [-0.39, 0.29) is 17.6 Å². The molecule has 0 radical (unpaired) electrons. The molecule has 3 fully saturated rings. The Labute approximate surface area is 185 Å². The zero-order chi connectivity index (χ0) is 21.7. The number of nitrogens with one attached hydrogen (secondary N) is 1. The topological polar surface area (TPSA) is 67.5 Å². The molecular weight excluding hydrogens is 409 g/mol. The van der Waals surface area contributed by atoms with Crippen molar-refractivity contribution in [2.45, 2.75) is 43.6 Å². The van der Waals surface area contributed by atoms with E-state index in [1.165, 1.54) is 6.20 Å². The van der Waals surface area contributed by atoms with E-state index in [2.05, 4.69) is 9.97 Å². The van der Waals surface area contributed by atoms with E-state index in [4.69, 9.17) is 9.47 Å². The number of amides is 1. The summed E-state index contributed by atoms with van der Waals surface area (Å²) in [6, 6.07) is 9.46. The molecule has 0 unspecified atom stereocenters. The van der Waals surface area contributed by atoms with E-state index in [1.54, 1.807) is 0 Å². The van der Waals surface area contributed by atoms with Gasteiger partial charge in [-0.2, -0.15) is 0 Å². The molecule has 1 aromatic carbocycles. The minimum atomic E-state index is -0.260. The molecule has 1 aliphatic carbocycles. The van der Waals surface area contributed by atoms with Crippen LogP contribution < -0.4 is 4.74 Å². The normalized spacial score (nSPS) is 19.8. The number of carbonyl (C=O) groups excluding carboxylic acids is 1. The van der Waals surface area contributed by atoms with Crippen LogP contribution in [0.3, 0.4) is 0 Å². The van der Waals surface area contributed by atoms with Crippen molar-refractivity contribution in [3.63, 3.8) is 0 Å². The first-order valence-electron chi connectivity index (χ1n) is 11.5. The number of hydrogen-bond acceptors (Lipinski definition) is 4. The monoisotopic (exact) mass is 435 g/mol. The second kappa shape index (κ2) is 7.89. The summed E-state index contributed by atoms with van der Waals surface area (Å²) in [5.41, 5.74) is 3.19. The standard InChI is InChI=1S/C25H26FN3O3/c26-21-12-27-24-20(11-22(28-24)17-13-31-14-17)23(21)15-7-9-29(10-8-15)25(30)16-1-3-18(4-2-16)32-19-5-6-19/h1-4,11-12,15,17,19H,5-10,13-14H2,(H,27,28). The molecule has 166 valence electrons. The summed E-state index contributed by atoms with van der Waals surface area (Å²) in [4.78, 5) is 22.4. The molecule has 2 aromatic heterocycles. The Morgan fingerprint density at radius 2 is 1.84 bits per heavy atom. The lowest BCUT2D eigenvalue weighted by Crippen LogP contribution is -2.38. The number of piperidine rings is 1. The summed E-state index contributed by atoms with van der Waals surface area (Å²) in [6.45, 7) is 2.61. The number of H-pyrrole nitrogens is 1. The van der Waals surface area contributed by atoms with Gasteiger partial charge in [0.25, 0.3) is 5.91 Å². The lowest BCUT2D eigenvalue weighted by Gasteiger charge is -2.32. The first-order valence-corrected chi connectivity index (χ1v) is 11.5. The number of halogens is 1. The van der Waals surface area contributed by atoms with Crippen molar-refractivity contribution in [2.75, 3.05) is 26.3 Å². The Morgan fingerprint density at radius 1 is 1.09 bits per heavy atom. The number of carbonyl (C=O) groups is 1. The van der Waals surface area contributed by atoms with E-state index in [0.717, 1.165) is 53.7 Å². The smallest absolute Gasteiger partial charge is 0.253 e. The zero-order valence-electron chi connectivity index (χ0n) is 17.9. The van der Waals surface area contributed by atoms with Crippen LogP contribution in [0, 0.1) is 5.82 Å². The van der Waals surface area contributed by atoms with Gasteiger partial charge in [-0.05, 0) is 61.9 Å². The van der Waals surface area contributed by atoms with Gasteiger partial charge in [-0.25, -0.2) is 9.37 Å². The van der Waals surface area contributed by atoms with Gasteiger partial charge in [0, 0.05) is 41.2 Å². The van der Waals surface area contributed by atoms with Crippen LogP contribution in [0.5, 0.6) is 5.75 Å². The maximum Gasteiger partial charge on any atom is 0.253 e. The predicted octanol–water partition coefficient (Wildman–Crippen LogP) is 4.38. The van der Waals surface area contributed by atoms with Crippen LogP contribution in [-0.2, 0) is 4.74 Å². The maximum absolute atomic E-state index is 14.9. The largest absolute Gasteiger partial charge is 0.490 e. The molecule has 32 heavy (non-hydrogen) atoms. The molecule has 1 amide bonds. The number of aromatic amines is 1. The SMILES string of the molecule is O=C(c1ccc(OC2CC2)cc1)N1CCC(c2c(F)cnc3[nH]c(C4COC4)cc23)CC1. The second-order valence-corrected chi connectivity index (χ2v) is 9.15. The van der Waals surface area contributed by atoms with Crippen molar-refractivity contribution in [1.82, 2.24) is 14.9 Å². The van der Waals surface area contributed by atoms with E-state index in [1.807, 2.05) is 35.2 Å². The quantitative estimate of drug-likeness (QED) is 0.646. The lowest BCUT2D eigenvalue weighted by atomic mass is 9.87. The van der Waals surface area contributed by atoms with Gasteiger partial charge >= 0.3 is 0 Å². The fourth-order valence-electron chi connectivity index (χ4n) is 4.75. The minimum Gasteiger partial charge on any atom is -0.490 e. The van der Waals surface area contributed by atoms with E-state index in [0.29, 0.717) is 43.9 Å². The highest BCUT2D eigenvalue weighted by molar-refractivity contribution is 5.94. The van der Waals surface area contributed by atoms with Crippen molar-refractivity contribution < 1.29 is 18.7 Å². The number of likely N-dealkylation sites (tertiary alicyclic amines) is 1. The fourth-order valence-corrected chi connectivity index (χ4v) is 4.75. The van der Waals surface area contributed by atoms with Crippen molar-refractivity contribution >= 4 is 16.9 Å². The molecule has 3 aliphatic rings. The van der Waals surface area contributed by atoms with Crippen molar-refractivity contribution in [3.05, 3.63) is 59.2 Å². The second-order valence-electron chi connectivity index (χ2n) is 9.15. The van der Waals surface area contributed by atoms with Gasteiger partial charge < -0.3 is 19.4 Å². The Kier molecular flexibility index (Phi) is 4.86. The van der Waals surface area contributed by atoms with Crippen LogP contribution in [0.25, 0.3) is 11.0 Å². The van der Waals surface area contributed by atoms with Crippen LogP contribution in [0.4, 0.5) is 4.39 Å². The molecule has 2 aliphatic heterocycles. The fraction of sp³-hybridized carbons (Fsp3) is 0.440. The third kappa shape index (κ3) is 3.64. The Morgan fingerprint density at radius 3 is 2.50 bits per heavy atom. The van der Waals surface area contributed by atoms with Gasteiger partial charge in [-0.15, -0.1) is 0 Å². The van der Waals surface area contributed by atoms with Crippen molar-refractivity contribution in [3.8, 4) is 5.75 Å². The number of nitrogens with zero attached hydrogens (tertiary/aromatic N) is 2. The number of benzene rings is 1. The van der Waals surface area contributed by atoms with E-state index < -0.39 is 0 Å². The summed E-state index contributed by atoms with van der Waals surface area (Å²) >= 11 is 0. The molecule has 2 saturated heterocycles. The minimum absolute atomic E-state index is 0.0238. The number of pyridine rings is 1. The average molecular weight is 435 g/mol. The molecule has 7 heteroatoms. The molecule has 6 nitrogen and oxygen atoms in total. The third-order valence-electron chi connectivity index (χ3n) is 6.87. The van der Waals surface area contributed by atoms with Crippen LogP contribution in [0.15, 0.2) is 36.5 Å². The van der Waals surface area contributed by atoms with Gasteiger partial charge in [-0.3, -0.25) is 4.79 Å². The van der Waals surface area contributed by atoms with Gasteiger partial charge in [-0.1, -0.05) is 0 Å². The Bertz CT molecular complexity index is 1140. The number of hydrogen-bond donors (Lipinski definition) is 1.